The summed E-state index contributed by atoms with van der Waals surface area (Å²) in [7, 11) is 0. The highest BCUT2D eigenvalue weighted by atomic mass is 16.5. The smallest absolute Gasteiger partial charge is 0.335 e. The van der Waals surface area contributed by atoms with Gasteiger partial charge in [0.1, 0.15) is 0 Å². The SMILES string of the molecule is CC(=O)OCC(C)c1ccccc1C(=O)O. The fourth-order valence-corrected chi connectivity index (χ4v) is 1.45. The molecule has 1 N–H and O–H groups in total. The molecule has 0 aromatic heterocycles. The number of hydrogen-bond donors (Lipinski definition) is 1. The van der Waals surface area contributed by atoms with Crippen molar-refractivity contribution < 1.29 is 19.4 Å². The number of hydrogen-bond acceptors (Lipinski definition) is 3. The Bertz CT molecular complexity index is 398. The van der Waals surface area contributed by atoms with Crippen LogP contribution in [-0.2, 0) is 9.53 Å². The average Bonchev–Trinajstić information content (AvgIpc) is 2.25. The van der Waals surface area contributed by atoms with E-state index in [2.05, 4.69) is 0 Å². The zero-order valence-corrected chi connectivity index (χ0v) is 9.27. The fourth-order valence-electron chi connectivity index (χ4n) is 1.45. The van der Waals surface area contributed by atoms with E-state index in [0.29, 0.717) is 5.56 Å². The summed E-state index contributed by atoms with van der Waals surface area (Å²) < 4.78 is 4.86. The van der Waals surface area contributed by atoms with Crippen LogP contribution in [0.2, 0.25) is 0 Å². The molecule has 0 spiro atoms. The number of carbonyl (C=O) groups excluding carboxylic acids is 1. The van der Waals surface area contributed by atoms with E-state index in [-0.39, 0.29) is 24.1 Å². The van der Waals surface area contributed by atoms with Crippen molar-refractivity contribution in [1.29, 1.82) is 0 Å². The highest BCUT2D eigenvalue weighted by Gasteiger charge is 2.15. The zero-order chi connectivity index (χ0) is 12.1. The van der Waals surface area contributed by atoms with Crippen LogP contribution in [0.4, 0.5) is 0 Å². The molecule has 4 heteroatoms. The van der Waals surface area contributed by atoms with Crippen molar-refractivity contribution in [2.24, 2.45) is 0 Å². The van der Waals surface area contributed by atoms with Crippen molar-refractivity contribution in [2.75, 3.05) is 6.61 Å². The van der Waals surface area contributed by atoms with Crippen molar-refractivity contribution in [3.63, 3.8) is 0 Å². The Morgan fingerprint density at radius 1 is 1.38 bits per heavy atom. The monoisotopic (exact) mass is 222 g/mol. The van der Waals surface area contributed by atoms with E-state index in [1.54, 1.807) is 24.3 Å². The number of carboxylic acid groups (broad SMARTS) is 1. The number of esters is 1. The Hall–Kier alpha value is -1.84. The van der Waals surface area contributed by atoms with Gasteiger partial charge in [-0.3, -0.25) is 4.79 Å². The molecule has 0 aliphatic heterocycles. The van der Waals surface area contributed by atoms with Gasteiger partial charge in [0.25, 0.3) is 0 Å². The maximum absolute atomic E-state index is 11.0. The van der Waals surface area contributed by atoms with Crippen LogP contribution < -0.4 is 0 Å². The molecule has 0 fully saturated rings. The summed E-state index contributed by atoms with van der Waals surface area (Å²) in [6, 6.07) is 6.72. The third-order valence-corrected chi connectivity index (χ3v) is 2.26. The highest BCUT2D eigenvalue weighted by molar-refractivity contribution is 5.89. The molecule has 0 aliphatic carbocycles. The van der Waals surface area contributed by atoms with Gasteiger partial charge < -0.3 is 9.84 Å². The number of benzene rings is 1. The van der Waals surface area contributed by atoms with Crippen LogP contribution in [0.1, 0.15) is 35.7 Å². The summed E-state index contributed by atoms with van der Waals surface area (Å²) in [5, 5.41) is 8.98. The molecular weight excluding hydrogens is 208 g/mol. The standard InChI is InChI=1S/C12H14O4/c1-8(7-16-9(2)13)10-5-3-4-6-11(10)12(14)15/h3-6,8H,7H2,1-2H3,(H,14,15). The van der Waals surface area contributed by atoms with Gasteiger partial charge in [0.05, 0.1) is 12.2 Å². The molecule has 0 saturated carbocycles. The quantitative estimate of drug-likeness (QED) is 0.792. The van der Waals surface area contributed by atoms with E-state index in [4.69, 9.17) is 9.84 Å². The van der Waals surface area contributed by atoms with Gasteiger partial charge in [-0.1, -0.05) is 25.1 Å². The predicted octanol–water partition coefficient (Wildman–Crippen LogP) is 2.05. The molecule has 0 amide bonds. The van der Waals surface area contributed by atoms with E-state index < -0.39 is 5.97 Å². The van der Waals surface area contributed by atoms with Crippen molar-refractivity contribution in [3.8, 4) is 0 Å². The minimum atomic E-state index is -0.967. The van der Waals surface area contributed by atoms with Gasteiger partial charge in [-0.15, -0.1) is 0 Å². The van der Waals surface area contributed by atoms with Crippen molar-refractivity contribution in [1.82, 2.24) is 0 Å². The number of carbonyl (C=O) groups is 2. The van der Waals surface area contributed by atoms with Crippen LogP contribution in [0.15, 0.2) is 24.3 Å². The lowest BCUT2D eigenvalue weighted by molar-refractivity contribution is -0.141. The number of rotatable bonds is 4. The molecule has 0 bridgehead atoms. The highest BCUT2D eigenvalue weighted by Crippen LogP contribution is 2.20. The largest absolute Gasteiger partial charge is 0.478 e. The Morgan fingerprint density at radius 3 is 2.56 bits per heavy atom. The van der Waals surface area contributed by atoms with Crippen LogP contribution in [0, 0.1) is 0 Å². The van der Waals surface area contributed by atoms with Gasteiger partial charge in [-0.2, -0.15) is 0 Å². The third kappa shape index (κ3) is 3.08. The van der Waals surface area contributed by atoms with Crippen LogP contribution in [0.5, 0.6) is 0 Å². The lowest BCUT2D eigenvalue weighted by Gasteiger charge is -2.13. The maximum Gasteiger partial charge on any atom is 0.335 e. The molecule has 0 heterocycles. The van der Waals surface area contributed by atoms with E-state index in [1.165, 1.54) is 6.92 Å². The van der Waals surface area contributed by atoms with E-state index in [0.717, 1.165) is 0 Å². The summed E-state index contributed by atoms with van der Waals surface area (Å²) in [5.41, 5.74) is 0.929. The molecule has 0 radical (unpaired) electrons. The molecule has 0 saturated heterocycles. The second-order valence-electron chi connectivity index (χ2n) is 3.60. The van der Waals surface area contributed by atoms with Gasteiger partial charge in [0.2, 0.25) is 0 Å². The molecule has 1 rings (SSSR count). The second kappa shape index (κ2) is 5.30. The normalized spacial score (nSPS) is 11.9. The van der Waals surface area contributed by atoms with Crippen LogP contribution in [-0.4, -0.2) is 23.7 Å². The molecule has 1 atom stereocenters. The number of carboxylic acids is 1. The van der Waals surface area contributed by atoms with Crippen LogP contribution in [0.25, 0.3) is 0 Å². The lowest BCUT2D eigenvalue weighted by Crippen LogP contribution is -2.11. The Balaban J connectivity index is 2.85. The molecule has 86 valence electrons. The van der Waals surface area contributed by atoms with Crippen LogP contribution in [0.3, 0.4) is 0 Å². The second-order valence-corrected chi connectivity index (χ2v) is 3.60. The minimum absolute atomic E-state index is 0.129. The summed E-state index contributed by atoms with van der Waals surface area (Å²) in [4.78, 5) is 21.6. The first-order valence-electron chi connectivity index (χ1n) is 4.98. The number of ether oxygens (including phenoxy) is 1. The molecule has 1 aromatic carbocycles. The predicted molar refractivity (Wildman–Crippen MR) is 58.4 cm³/mol. The summed E-state index contributed by atoms with van der Waals surface area (Å²) in [5.74, 6) is -1.46. The lowest BCUT2D eigenvalue weighted by atomic mass is 9.96. The zero-order valence-electron chi connectivity index (χ0n) is 9.27. The van der Waals surface area contributed by atoms with Gasteiger partial charge in [-0.25, -0.2) is 4.79 Å². The topological polar surface area (TPSA) is 63.6 Å². The summed E-state index contributed by atoms with van der Waals surface area (Å²) in [6.07, 6.45) is 0. The maximum atomic E-state index is 11.0. The summed E-state index contributed by atoms with van der Waals surface area (Å²) >= 11 is 0. The Labute approximate surface area is 93.9 Å². The molecule has 0 aliphatic rings. The van der Waals surface area contributed by atoms with Gasteiger partial charge in [-0.05, 0) is 11.6 Å². The summed E-state index contributed by atoms with van der Waals surface area (Å²) in [6.45, 7) is 3.35. The van der Waals surface area contributed by atoms with E-state index in [1.807, 2.05) is 6.92 Å². The molecule has 1 unspecified atom stereocenters. The van der Waals surface area contributed by atoms with Crippen molar-refractivity contribution in [3.05, 3.63) is 35.4 Å². The van der Waals surface area contributed by atoms with E-state index >= 15 is 0 Å². The third-order valence-electron chi connectivity index (χ3n) is 2.26. The molecule has 4 nitrogen and oxygen atoms in total. The first kappa shape index (κ1) is 12.2. The first-order valence-corrected chi connectivity index (χ1v) is 4.98. The van der Waals surface area contributed by atoms with Gasteiger partial charge in [0.15, 0.2) is 0 Å². The first-order chi connectivity index (χ1) is 7.52. The Morgan fingerprint density at radius 2 is 2.00 bits per heavy atom. The van der Waals surface area contributed by atoms with Gasteiger partial charge >= 0.3 is 11.9 Å². The van der Waals surface area contributed by atoms with Crippen molar-refractivity contribution >= 4 is 11.9 Å². The van der Waals surface area contributed by atoms with Crippen molar-refractivity contribution in [2.45, 2.75) is 19.8 Å². The fraction of sp³-hybridized carbons (Fsp3) is 0.333. The number of aromatic carboxylic acids is 1. The van der Waals surface area contributed by atoms with Gasteiger partial charge in [0, 0.05) is 12.8 Å². The molecule has 16 heavy (non-hydrogen) atoms. The average molecular weight is 222 g/mol. The Kier molecular flexibility index (Phi) is 4.05. The molecule has 1 aromatic rings. The minimum Gasteiger partial charge on any atom is -0.478 e. The van der Waals surface area contributed by atoms with Crippen LogP contribution >= 0.6 is 0 Å². The molecular formula is C12H14O4. The van der Waals surface area contributed by atoms with E-state index in [9.17, 15) is 9.59 Å².